The average molecular weight is 396 g/mol. The van der Waals surface area contributed by atoms with Crippen LogP contribution in [0.25, 0.3) is 0 Å². The molecule has 2 heterocycles. The van der Waals surface area contributed by atoms with Gasteiger partial charge in [-0.15, -0.1) is 36.2 Å². The van der Waals surface area contributed by atoms with Gasteiger partial charge < -0.3 is 15.5 Å². The van der Waals surface area contributed by atoms with Crippen LogP contribution in [0.15, 0.2) is 17.5 Å². The zero-order valence-electron chi connectivity index (χ0n) is 14.8. The van der Waals surface area contributed by atoms with E-state index in [2.05, 4.69) is 54.1 Å². The molecule has 1 aliphatic rings. The fraction of sp³-hybridized carbons (Fsp3) is 0.706. The summed E-state index contributed by atoms with van der Waals surface area (Å²) in [6.45, 7) is 5.10. The monoisotopic (exact) mass is 395 g/mol. The molecular weight excluding hydrogens is 365 g/mol. The van der Waals surface area contributed by atoms with E-state index in [0.29, 0.717) is 24.8 Å². The Bertz CT molecular complexity index is 451. The normalized spacial score (nSPS) is 17.5. The number of amides is 1. The van der Waals surface area contributed by atoms with Crippen molar-refractivity contribution in [1.29, 1.82) is 0 Å². The Hall–Kier alpha value is -0.330. The van der Waals surface area contributed by atoms with Gasteiger partial charge in [-0.3, -0.25) is 4.79 Å². The van der Waals surface area contributed by atoms with Gasteiger partial charge in [0.1, 0.15) is 0 Å². The number of piperidine rings is 1. The van der Waals surface area contributed by atoms with Crippen molar-refractivity contribution in [2.24, 2.45) is 11.8 Å². The van der Waals surface area contributed by atoms with Gasteiger partial charge in [-0.1, -0.05) is 13.0 Å². The van der Waals surface area contributed by atoms with Gasteiger partial charge in [0, 0.05) is 17.8 Å². The smallest absolute Gasteiger partial charge is 0.220 e. The van der Waals surface area contributed by atoms with Crippen LogP contribution in [0, 0.1) is 11.8 Å². The Labute approximate surface area is 162 Å². The molecule has 1 fully saturated rings. The van der Waals surface area contributed by atoms with Crippen molar-refractivity contribution in [3.8, 4) is 0 Å². The molecule has 7 heteroatoms. The second kappa shape index (κ2) is 12.1. The molecule has 0 aromatic carbocycles. The first-order valence-corrected chi connectivity index (χ1v) is 9.13. The van der Waals surface area contributed by atoms with E-state index in [1.807, 2.05) is 0 Å². The number of carbonyl (C=O) groups excluding carboxylic acids is 1. The van der Waals surface area contributed by atoms with Gasteiger partial charge in [-0.05, 0) is 63.3 Å². The van der Waals surface area contributed by atoms with Crippen LogP contribution in [0.1, 0.15) is 37.1 Å². The van der Waals surface area contributed by atoms with Gasteiger partial charge in [0.25, 0.3) is 0 Å². The van der Waals surface area contributed by atoms with Crippen LogP contribution in [-0.4, -0.2) is 44.5 Å². The summed E-state index contributed by atoms with van der Waals surface area (Å²) in [5, 5.41) is 8.61. The lowest BCUT2D eigenvalue weighted by atomic mass is 9.84. The Morgan fingerprint density at radius 2 is 2.04 bits per heavy atom. The number of thiophene rings is 1. The molecule has 4 nitrogen and oxygen atoms in total. The predicted octanol–water partition coefficient (Wildman–Crippen LogP) is 3.34. The maximum atomic E-state index is 12.3. The summed E-state index contributed by atoms with van der Waals surface area (Å²) < 4.78 is 0. The molecule has 2 unspecified atom stereocenters. The van der Waals surface area contributed by atoms with Crippen LogP contribution < -0.4 is 10.6 Å². The standard InChI is InChI=1S/C17H29N3OS.2ClH/c1-13(14-6-8-18-9-7-14)11-17(21)19-12-15(20(2)3)16-5-4-10-22-16;;/h4-5,10,13-15,18H,6-9,11-12H2,1-3H3,(H,19,21);2*1H. The van der Waals surface area contributed by atoms with E-state index in [-0.39, 0.29) is 36.8 Å². The highest BCUT2D eigenvalue weighted by Gasteiger charge is 2.23. The molecule has 140 valence electrons. The van der Waals surface area contributed by atoms with E-state index in [4.69, 9.17) is 0 Å². The highest BCUT2D eigenvalue weighted by Crippen LogP contribution is 2.25. The van der Waals surface area contributed by atoms with Crippen molar-refractivity contribution in [3.05, 3.63) is 22.4 Å². The van der Waals surface area contributed by atoms with Crippen LogP contribution in [0.5, 0.6) is 0 Å². The molecule has 0 spiro atoms. The Morgan fingerprint density at radius 3 is 2.58 bits per heavy atom. The molecular formula is C17H31Cl2N3OS. The maximum absolute atomic E-state index is 12.3. The number of carbonyl (C=O) groups is 1. The topological polar surface area (TPSA) is 44.4 Å². The summed E-state index contributed by atoms with van der Waals surface area (Å²) in [6, 6.07) is 4.47. The molecule has 1 amide bonds. The molecule has 0 bridgehead atoms. The maximum Gasteiger partial charge on any atom is 0.220 e. The second-order valence-electron chi connectivity index (χ2n) is 6.57. The third-order valence-electron chi connectivity index (χ3n) is 4.68. The SMILES string of the molecule is CC(CC(=O)NCC(c1cccs1)N(C)C)C1CCNCC1.Cl.Cl. The highest BCUT2D eigenvalue weighted by atomic mass is 35.5. The van der Waals surface area contributed by atoms with E-state index >= 15 is 0 Å². The second-order valence-corrected chi connectivity index (χ2v) is 7.55. The van der Waals surface area contributed by atoms with Crippen LogP contribution in [-0.2, 0) is 4.79 Å². The van der Waals surface area contributed by atoms with Crippen LogP contribution >= 0.6 is 36.2 Å². The molecule has 2 atom stereocenters. The lowest BCUT2D eigenvalue weighted by molar-refractivity contribution is -0.122. The van der Waals surface area contributed by atoms with E-state index < -0.39 is 0 Å². The van der Waals surface area contributed by atoms with Crippen molar-refractivity contribution in [2.45, 2.75) is 32.2 Å². The van der Waals surface area contributed by atoms with Gasteiger partial charge in [-0.2, -0.15) is 0 Å². The molecule has 24 heavy (non-hydrogen) atoms. The van der Waals surface area contributed by atoms with Gasteiger partial charge in [0.2, 0.25) is 5.91 Å². The average Bonchev–Trinajstić information content (AvgIpc) is 3.02. The van der Waals surface area contributed by atoms with Crippen molar-refractivity contribution >= 4 is 42.1 Å². The minimum absolute atomic E-state index is 0. The third-order valence-corrected chi connectivity index (χ3v) is 5.66. The highest BCUT2D eigenvalue weighted by molar-refractivity contribution is 7.10. The summed E-state index contributed by atoms with van der Waals surface area (Å²) >= 11 is 1.75. The Kier molecular flexibility index (Phi) is 11.9. The zero-order chi connectivity index (χ0) is 15.9. The summed E-state index contributed by atoms with van der Waals surface area (Å²) in [7, 11) is 4.13. The van der Waals surface area contributed by atoms with Crippen molar-refractivity contribution < 1.29 is 4.79 Å². The first-order chi connectivity index (χ1) is 10.6. The van der Waals surface area contributed by atoms with Gasteiger partial charge in [-0.25, -0.2) is 0 Å². The van der Waals surface area contributed by atoms with E-state index in [0.717, 1.165) is 13.1 Å². The quantitative estimate of drug-likeness (QED) is 0.743. The zero-order valence-corrected chi connectivity index (χ0v) is 17.2. The number of hydrogen-bond donors (Lipinski definition) is 2. The first kappa shape index (κ1) is 23.7. The summed E-state index contributed by atoms with van der Waals surface area (Å²) in [6.07, 6.45) is 3.04. The minimum Gasteiger partial charge on any atom is -0.354 e. The molecule has 1 aliphatic heterocycles. The molecule has 0 aliphatic carbocycles. The van der Waals surface area contributed by atoms with Crippen LogP contribution in [0.3, 0.4) is 0 Å². The summed E-state index contributed by atoms with van der Waals surface area (Å²) in [5.41, 5.74) is 0. The lowest BCUT2D eigenvalue weighted by Crippen LogP contribution is -2.36. The van der Waals surface area contributed by atoms with E-state index in [1.165, 1.54) is 17.7 Å². The number of nitrogens with zero attached hydrogens (tertiary/aromatic N) is 1. The molecule has 0 radical (unpaired) electrons. The van der Waals surface area contributed by atoms with Gasteiger partial charge >= 0.3 is 0 Å². The largest absolute Gasteiger partial charge is 0.354 e. The number of hydrogen-bond acceptors (Lipinski definition) is 4. The first-order valence-electron chi connectivity index (χ1n) is 8.25. The Morgan fingerprint density at radius 1 is 1.38 bits per heavy atom. The Balaban J connectivity index is 0.00000264. The van der Waals surface area contributed by atoms with Gasteiger partial charge in [0.15, 0.2) is 0 Å². The van der Waals surface area contributed by atoms with Gasteiger partial charge in [0.05, 0.1) is 6.04 Å². The van der Waals surface area contributed by atoms with Crippen molar-refractivity contribution in [2.75, 3.05) is 33.7 Å². The number of rotatable bonds is 7. The molecule has 0 saturated carbocycles. The molecule has 2 rings (SSSR count). The third kappa shape index (κ3) is 7.28. The lowest BCUT2D eigenvalue weighted by Gasteiger charge is -2.28. The minimum atomic E-state index is 0. The van der Waals surface area contributed by atoms with Crippen molar-refractivity contribution in [3.63, 3.8) is 0 Å². The summed E-state index contributed by atoms with van der Waals surface area (Å²) in [4.78, 5) is 15.7. The number of nitrogens with one attached hydrogen (secondary N) is 2. The molecule has 1 aromatic rings. The molecule has 1 saturated heterocycles. The summed E-state index contributed by atoms with van der Waals surface area (Å²) in [5.74, 6) is 1.35. The number of likely N-dealkylation sites (N-methyl/N-ethyl adjacent to an activating group) is 1. The fourth-order valence-corrected chi connectivity index (χ4v) is 4.10. The van der Waals surface area contributed by atoms with E-state index in [1.54, 1.807) is 11.3 Å². The predicted molar refractivity (Wildman–Crippen MR) is 108 cm³/mol. The van der Waals surface area contributed by atoms with Crippen molar-refractivity contribution in [1.82, 2.24) is 15.5 Å². The molecule has 1 aromatic heterocycles. The fourth-order valence-electron chi connectivity index (χ4n) is 3.17. The van der Waals surface area contributed by atoms with Crippen LogP contribution in [0.4, 0.5) is 0 Å². The molecule has 2 N–H and O–H groups in total. The number of halogens is 2. The van der Waals surface area contributed by atoms with E-state index in [9.17, 15) is 4.79 Å². The van der Waals surface area contributed by atoms with Crippen LogP contribution in [0.2, 0.25) is 0 Å².